The third-order valence-corrected chi connectivity index (χ3v) is 4.76. The van der Waals surface area contributed by atoms with Gasteiger partial charge in [0.2, 0.25) is 15.9 Å². The van der Waals surface area contributed by atoms with Gasteiger partial charge >= 0.3 is 0 Å². The normalized spacial score (nSPS) is 12.4. The summed E-state index contributed by atoms with van der Waals surface area (Å²) >= 11 is 0. The van der Waals surface area contributed by atoms with Gasteiger partial charge < -0.3 is 5.32 Å². The summed E-state index contributed by atoms with van der Waals surface area (Å²) in [7, 11) is -3.74. The first-order valence-corrected chi connectivity index (χ1v) is 9.60. The Morgan fingerprint density at radius 3 is 2.44 bits per heavy atom. The molecule has 0 radical (unpaired) electrons. The number of pyridine rings is 1. The van der Waals surface area contributed by atoms with Crippen molar-refractivity contribution in [2.75, 3.05) is 10.6 Å². The third-order valence-electron chi connectivity index (χ3n) is 3.58. The first-order valence-electron chi connectivity index (χ1n) is 7.75. The van der Waals surface area contributed by atoms with Crippen LogP contribution in [0.4, 0.5) is 10.1 Å². The smallest absolute Gasteiger partial charge is 0.244 e. The van der Waals surface area contributed by atoms with Crippen molar-refractivity contribution in [3.05, 3.63) is 60.2 Å². The molecule has 1 N–H and O–H groups in total. The van der Waals surface area contributed by atoms with E-state index in [0.29, 0.717) is 5.69 Å². The number of aromatic nitrogens is 1. The van der Waals surface area contributed by atoms with Crippen molar-refractivity contribution >= 4 is 21.6 Å². The molecule has 0 fully saturated rings. The van der Waals surface area contributed by atoms with Crippen molar-refractivity contribution in [1.29, 1.82) is 0 Å². The molecule has 1 atom stereocenters. The fraction of sp³-hybridized carbons (Fsp3) is 0.294. The standard InChI is InChI=1S/C17H20FN3O3S/c1-3-16(17(22)20-12-14-6-4-5-11-19-14)21(25(2,23)24)15-9-7-13(18)8-10-15/h4-11,16H,3,12H2,1-2H3,(H,20,22)/t16-/m0/s1. The van der Waals surface area contributed by atoms with Crippen LogP contribution >= 0.6 is 0 Å². The second kappa shape index (κ2) is 8.06. The summed E-state index contributed by atoms with van der Waals surface area (Å²) in [6.07, 6.45) is 2.89. The molecule has 6 nitrogen and oxygen atoms in total. The molecule has 0 saturated heterocycles. The number of sulfonamides is 1. The maximum Gasteiger partial charge on any atom is 0.244 e. The number of hydrogen-bond donors (Lipinski definition) is 1. The van der Waals surface area contributed by atoms with E-state index < -0.39 is 27.8 Å². The number of amides is 1. The van der Waals surface area contributed by atoms with Crippen LogP contribution in [0.1, 0.15) is 19.0 Å². The Morgan fingerprint density at radius 1 is 1.24 bits per heavy atom. The van der Waals surface area contributed by atoms with Gasteiger partial charge in [0, 0.05) is 6.20 Å². The van der Waals surface area contributed by atoms with Crippen LogP contribution in [0.3, 0.4) is 0 Å². The minimum absolute atomic E-state index is 0.192. The Morgan fingerprint density at radius 2 is 1.92 bits per heavy atom. The molecule has 1 heterocycles. The van der Waals surface area contributed by atoms with Crippen LogP contribution in [-0.2, 0) is 21.4 Å². The van der Waals surface area contributed by atoms with Crippen LogP contribution in [0, 0.1) is 5.82 Å². The van der Waals surface area contributed by atoms with Gasteiger partial charge in [-0.2, -0.15) is 0 Å². The quantitative estimate of drug-likeness (QED) is 0.815. The van der Waals surface area contributed by atoms with E-state index in [1.54, 1.807) is 31.3 Å². The molecule has 0 spiro atoms. The van der Waals surface area contributed by atoms with E-state index in [-0.39, 0.29) is 18.7 Å². The molecule has 25 heavy (non-hydrogen) atoms. The highest BCUT2D eigenvalue weighted by atomic mass is 32.2. The molecular weight excluding hydrogens is 345 g/mol. The third kappa shape index (κ3) is 4.99. The lowest BCUT2D eigenvalue weighted by Crippen LogP contribution is -2.49. The Bertz CT molecular complexity index is 811. The summed E-state index contributed by atoms with van der Waals surface area (Å²) in [5.74, 6) is -0.923. The number of hydrogen-bond acceptors (Lipinski definition) is 4. The Kier molecular flexibility index (Phi) is 6.08. The number of rotatable bonds is 7. The lowest BCUT2D eigenvalue weighted by molar-refractivity contribution is -0.122. The molecule has 0 saturated carbocycles. The number of nitrogens with zero attached hydrogens (tertiary/aromatic N) is 2. The van der Waals surface area contributed by atoms with Crippen molar-refractivity contribution in [3.63, 3.8) is 0 Å². The molecule has 2 rings (SSSR count). The van der Waals surface area contributed by atoms with Gasteiger partial charge in [-0.25, -0.2) is 12.8 Å². The van der Waals surface area contributed by atoms with Crippen LogP contribution in [0.25, 0.3) is 0 Å². The minimum atomic E-state index is -3.74. The SMILES string of the molecule is CC[C@@H](C(=O)NCc1ccccn1)N(c1ccc(F)cc1)S(C)(=O)=O. The summed E-state index contributed by atoms with van der Waals surface area (Å²) in [6.45, 7) is 1.91. The Balaban J connectivity index is 2.23. The number of carbonyl (C=O) groups excluding carboxylic acids is 1. The number of benzene rings is 1. The fourth-order valence-electron chi connectivity index (χ4n) is 2.45. The molecule has 0 bridgehead atoms. The number of halogens is 1. The number of anilines is 1. The van der Waals surface area contributed by atoms with Crippen LogP contribution in [0.15, 0.2) is 48.7 Å². The van der Waals surface area contributed by atoms with Gasteiger partial charge in [0.15, 0.2) is 0 Å². The molecule has 0 aliphatic carbocycles. The predicted octanol–water partition coefficient (Wildman–Crippen LogP) is 2.08. The van der Waals surface area contributed by atoms with E-state index >= 15 is 0 Å². The minimum Gasteiger partial charge on any atom is -0.349 e. The monoisotopic (exact) mass is 365 g/mol. The highest BCUT2D eigenvalue weighted by molar-refractivity contribution is 7.92. The Hall–Kier alpha value is -2.48. The zero-order chi connectivity index (χ0) is 18.4. The zero-order valence-electron chi connectivity index (χ0n) is 14.0. The van der Waals surface area contributed by atoms with Crippen LogP contribution in [0.2, 0.25) is 0 Å². The van der Waals surface area contributed by atoms with Gasteiger partial charge in [0.25, 0.3) is 0 Å². The zero-order valence-corrected chi connectivity index (χ0v) is 14.8. The lowest BCUT2D eigenvalue weighted by Gasteiger charge is -2.30. The Labute approximate surface area is 146 Å². The maximum atomic E-state index is 13.1. The highest BCUT2D eigenvalue weighted by Gasteiger charge is 2.31. The van der Waals surface area contributed by atoms with E-state index in [9.17, 15) is 17.6 Å². The van der Waals surface area contributed by atoms with E-state index in [1.165, 1.54) is 12.1 Å². The highest BCUT2D eigenvalue weighted by Crippen LogP contribution is 2.22. The molecular formula is C17H20FN3O3S. The topological polar surface area (TPSA) is 79.4 Å². The number of carbonyl (C=O) groups is 1. The van der Waals surface area contributed by atoms with E-state index in [0.717, 1.165) is 22.7 Å². The second-order valence-electron chi connectivity index (χ2n) is 5.50. The van der Waals surface area contributed by atoms with Gasteiger partial charge in [-0.15, -0.1) is 0 Å². The molecule has 2 aromatic rings. The van der Waals surface area contributed by atoms with Gasteiger partial charge in [-0.05, 0) is 42.8 Å². The largest absolute Gasteiger partial charge is 0.349 e. The molecule has 1 aromatic heterocycles. The second-order valence-corrected chi connectivity index (χ2v) is 7.36. The van der Waals surface area contributed by atoms with Gasteiger partial charge in [-0.3, -0.25) is 14.1 Å². The van der Waals surface area contributed by atoms with Crippen molar-refractivity contribution in [2.45, 2.75) is 25.9 Å². The fourth-order valence-corrected chi connectivity index (χ4v) is 3.66. The summed E-state index contributed by atoms with van der Waals surface area (Å²) in [5, 5.41) is 2.70. The first-order chi connectivity index (χ1) is 11.8. The predicted molar refractivity (Wildman–Crippen MR) is 93.9 cm³/mol. The van der Waals surface area contributed by atoms with E-state index in [1.807, 2.05) is 0 Å². The average molecular weight is 365 g/mol. The van der Waals surface area contributed by atoms with Gasteiger partial charge in [0.1, 0.15) is 11.9 Å². The van der Waals surface area contributed by atoms with Crippen LogP contribution < -0.4 is 9.62 Å². The molecule has 134 valence electrons. The van der Waals surface area contributed by atoms with Crippen LogP contribution in [-0.4, -0.2) is 31.6 Å². The summed E-state index contributed by atoms with van der Waals surface area (Å²) in [6, 6.07) is 9.38. The molecule has 1 amide bonds. The number of nitrogens with one attached hydrogen (secondary N) is 1. The van der Waals surface area contributed by atoms with Crippen molar-refractivity contribution in [1.82, 2.24) is 10.3 Å². The first kappa shape index (κ1) is 18.9. The summed E-state index contributed by atoms with van der Waals surface area (Å²) < 4.78 is 38.6. The maximum absolute atomic E-state index is 13.1. The van der Waals surface area contributed by atoms with Gasteiger partial charge in [-0.1, -0.05) is 13.0 Å². The van der Waals surface area contributed by atoms with Crippen molar-refractivity contribution in [2.24, 2.45) is 0 Å². The molecule has 0 unspecified atom stereocenters. The van der Waals surface area contributed by atoms with Crippen LogP contribution in [0.5, 0.6) is 0 Å². The molecule has 1 aromatic carbocycles. The molecule has 0 aliphatic heterocycles. The molecule has 0 aliphatic rings. The van der Waals surface area contributed by atoms with Crippen molar-refractivity contribution in [3.8, 4) is 0 Å². The lowest BCUT2D eigenvalue weighted by atomic mass is 10.2. The summed E-state index contributed by atoms with van der Waals surface area (Å²) in [5.41, 5.74) is 0.905. The summed E-state index contributed by atoms with van der Waals surface area (Å²) in [4.78, 5) is 16.7. The van der Waals surface area contributed by atoms with E-state index in [2.05, 4.69) is 10.3 Å². The van der Waals surface area contributed by atoms with Crippen molar-refractivity contribution < 1.29 is 17.6 Å². The van der Waals surface area contributed by atoms with Gasteiger partial charge in [0.05, 0.1) is 24.2 Å². The van der Waals surface area contributed by atoms with E-state index in [4.69, 9.17) is 0 Å². The average Bonchev–Trinajstić information content (AvgIpc) is 2.58. The molecule has 8 heteroatoms.